The van der Waals surface area contributed by atoms with E-state index in [9.17, 15) is 0 Å². The fourth-order valence-corrected chi connectivity index (χ4v) is 1.30. The van der Waals surface area contributed by atoms with E-state index in [1.807, 2.05) is 17.8 Å². The molecule has 0 N–H and O–H groups in total. The second-order valence-electron chi connectivity index (χ2n) is 4.39. The zero-order valence-electron chi connectivity index (χ0n) is 11.1. The number of nitrogens with zero attached hydrogens (tertiary/aromatic N) is 6. The third kappa shape index (κ3) is 3.97. The molecule has 0 saturated heterocycles. The van der Waals surface area contributed by atoms with E-state index >= 15 is 0 Å². The summed E-state index contributed by atoms with van der Waals surface area (Å²) in [7, 11) is 0. The number of hydrogen-bond acceptors (Lipinski definition) is 4. The van der Waals surface area contributed by atoms with Crippen molar-refractivity contribution in [1.82, 2.24) is 30.0 Å². The van der Waals surface area contributed by atoms with Gasteiger partial charge < -0.3 is 0 Å². The molecule has 0 bridgehead atoms. The first kappa shape index (κ1) is 13.3. The predicted octanol–water partition coefficient (Wildman–Crippen LogP) is 2.03. The number of aryl methyl sites for hydroxylation is 1. The van der Waals surface area contributed by atoms with Gasteiger partial charge in [-0.3, -0.25) is 4.68 Å². The topological polar surface area (TPSA) is 61.4 Å². The SMILES string of the molecule is CC(C)n1ccnn1.Cc1cnnn1C(C)C. The van der Waals surface area contributed by atoms with E-state index in [1.54, 1.807) is 17.1 Å². The summed E-state index contributed by atoms with van der Waals surface area (Å²) < 4.78 is 3.69. The van der Waals surface area contributed by atoms with Gasteiger partial charge in [0.1, 0.15) is 0 Å². The maximum atomic E-state index is 3.88. The zero-order valence-corrected chi connectivity index (χ0v) is 11.1. The minimum Gasteiger partial charge on any atom is -0.250 e. The van der Waals surface area contributed by atoms with Crippen LogP contribution in [0.5, 0.6) is 0 Å². The smallest absolute Gasteiger partial charge is 0.0722 e. The maximum absolute atomic E-state index is 3.88. The molecule has 17 heavy (non-hydrogen) atoms. The first-order chi connectivity index (χ1) is 8.02. The molecule has 2 aromatic rings. The van der Waals surface area contributed by atoms with Crippen LogP contribution in [-0.2, 0) is 0 Å². The molecular weight excluding hydrogens is 216 g/mol. The Balaban J connectivity index is 0.000000171. The summed E-state index contributed by atoms with van der Waals surface area (Å²) in [6.45, 7) is 10.3. The van der Waals surface area contributed by atoms with Crippen molar-refractivity contribution in [2.45, 2.75) is 46.7 Å². The molecule has 6 heteroatoms. The molecule has 0 spiro atoms. The van der Waals surface area contributed by atoms with Crippen LogP contribution in [-0.4, -0.2) is 30.0 Å². The lowest BCUT2D eigenvalue weighted by molar-refractivity contribution is 0.502. The molecule has 2 rings (SSSR count). The first-order valence-corrected chi connectivity index (χ1v) is 5.75. The molecular formula is C11H20N6. The highest BCUT2D eigenvalue weighted by Crippen LogP contribution is 2.03. The van der Waals surface area contributed by atoms with Crippen molar-refractivity contribution >= 4 is 0 Å². The van der Waals surface area contributed by atoms with E-state index in [1.165, 1.54) is 0 Å². The maximum Gasteiger partial charge on any atom is 0.0722 e. The van der Waals surface area contributed by atoms with E-state index in [4.69, 9.17) is 0 Å². The highest BCUT2D eigenvalue weighted by molar-refractivity contribution is 4.89. The predicted molar refractivity (Wildman–Crippen MR) is 65.6 cm³/mol. The van der Waals surface area contributed by atoms with Crippen LogP contribution >= 0.6 is 0 Å². The normalized spacial score (nSPS) is 10.5. The van der Waals surface area contributed by atoms with Gasteiger partial charge in [0.2, 0.25) is 0 Å². The van der Waals surface area contributed by atoms with Crippen LogP contribution < -0.4 is 0 Å². The Morgan fingerprint density at radius 3 is 1.94 bits per heavy atom. The summed E-state index contributed by atoms with van der Waals surface area (Å²) in [4.78, 5) is 0. The van der Waals surface area contributed by atoms with Gasteiger partial charge >= 0.3 is 0 Å². The highest BCUT2D eigenvalue weighted by atomic mass is 15.4. The van der Waals surface area contributed by atoms with Crippen LogP contribution in [0.1, 0.15) is 45.5 Å². The largest absolute Gasteiger partial charge is 0.250 e. The summed E-state index contributed by atoms with van der Waals surface area (Å²) in [5.41, 5.74) is 1.12. The van der Waals surface area contributed by atoms with Crippen molar-refractivity contribution in [2.24, 2.45) is 0 Å². The third-order valence-corrected chi connectivity index (χ3v) is 2.21. The van der Waals surface area contributed by atoms with Gasteiger partial charge in [0, 0.05) is 18.3 Å². The molecule has 0 amide bonds. The van der Waals surface area contributed by atoms with Crippen molar-refractivity contribution in [1.29, 1.82) is 0 Å². The van der Waals surface area contributed by atoms with Gasteiger partial charge in [0.25, 0.3) is 0 Å². The molecule has 2 aromatic heterocycles. The van der Waals surface area contributed by atoms with E-state index in [-0.39, 0.29) is 0 Å². The lowest BCUT2D eigenvalue weighted by Gasteiger charge is -2.04. The zero-order chi connectivity index (χ0) is 12.8. The van der Waals surface area contributed by atoms with Gasteiger partial charge in [-0.15, -0.1) is 10.2 Å². The molecule has 0 aliphatic rings. The fourth-order valence-electron chi connectivity index (χ4n) is 1.30. The van der Waals surface area contributed by atoms with Gasteiger partial charge in [-0.05, 0) is 34.6 Å². The molecule has 0 unspecified atom stereocenters. The fraction of sp³-hybridized carbons (Fsp3) is 0.636. The van der Waals surface area contributed by atoms with Gasteiger partial charge in [-0.1, -0.05) is 10.4 Å². The van der Waals surface area contributed by atoms with Crippen molar-refractivity contribution < 1.29 is 0 Å². The summed E-state index contributed by atoms with van der Waals surface area (Å²) in [6, 6.07) is 0.852. The van der Waals surface area contributed by atoms with Crippen molar-refractivity contribution in [3.05, 3.63) is 24.3 Å². The standard InChI is InChI=1S/C6H11N3.C5H9N3/c1-5(2)9-6(3)4-7-8-9;1-5(2)8-4-3-6-7-8/h4-5H,1-3H3;3-5H,1-2H3. The summed E-state index contributed by atoms with van der Waals surface area (Å²) >= 11 is 0. The molecule has 0 aromatic carbocycles. The minimum absolute atomic E-state index is 0.424. The molecule has 0 radical (unpaired) electrons. The van der Waals surface area contributed by atoms with E-state index in [0.717, 1.165) is 5.69 Å². The minimum atomic E-state index is 0.424. The van der Waals surface area contributed by atoms with Crippen molar-refractivity contribution in [2.75, 3.05) is 0 Å². The first-order valence-electron chi connectivity index (χ1n) is 5.75. The van der Waals surface area contributed by atoms with E-state index in [0.29, 0.717) is 12.1 Å². The molecule has 0 aliphatic heterocycles. The van der Waals surface area contributed by atoms with Crippen LogP contribution in [0.2, 0.25) is 0 Å². The van der Waals surface area contributed by atoms with Crippen LogP contribution in [0.15, 0.2) is 18.6 Å². The lowest BCUT2D eigenvalue weighted by atomic mass is 10.4. The van der Waals surface area contributed by atoms with Crippen LogP contribution in [0, 0.1) is 6.92 Å². The second kappa shape index (κ2) is 6.12. The van der Waals surface area contributed by atoms with Crippen LogP contribution in [0.3, 0.4) is 0 Å². The van der Waals surface area contributed by atoms with E-state index < -0.39 is 0 Å². The molecule has 94 valence electrons. The Kier molecular flexibility index (Phi) is 4.81. The van der Waals surface area contributed by atoms with E-state index in [2.05, 4.69) is 48.3 Å². The molecule has 0 atom stereocenters. The molecule has 0 fully saturated rings. The lowest BCUT2D eigenvalue weighted by Crippen LogP contribution is -2.04. The highest BCUT2D eigenvalue weighted by Gasteiger charge is 1.99. The Morgan fingerprint density at radius 2 is 1.71 bits per heavy atom. The number of aromatic nitrogens is 6. The van der Waals surface area contributed by atoms with Crippen molar-refractivity contribution in [3.63, 3.8) is 0 Å². The monoisotopic (exact) mass is 236 g/mol. The van der Waals surface area contributed by atoms with Gasteiger partial charge in [-0.25, -0.2) is 4.68 Å². The molecule has 6 nitrogen and oxygen atoms in total. The van der Waals surface area contributed by atoms with Crippen LogP contribution in [0.4, 0.5) is 0 Å². The second-order valence-corrected chi connectivity index (χ2v) is 4.39. The van der Waals surface area contributed by atoms with Crippen molar-refractivity contribution in [3.8, 4) is 0 Å². The van der Waals surface area contributed by atoms with Gasteiger partial charge in [-0.2, -0.15) is 0 Å². The average Bonchev–Trinajstić information content (AvgIpc) is 2.87. The Labute approximate surface area is 102 Å². The molecule has 0 saturated carbocycles. The summed E-state index contributed by atoms with van der Waals surface area (Å²) in [5.74, 6) is 0. The van der Waals surface area contributed by atoms with Gasteiger partial charge in [0.05, 0.1) is 18.1 Å². The Hall–Kier alpha value is -1.72. The Bertz CT molecular complexity index is 415. The van der Waals surface area contributed by atoms with Gasteiger partial charge in [0.15, 0.2) is 0 Å². The van der Waals surface area contributed by atoms with Crippen LogP contribution in [0.25, 0.3) is 0 Å². The number of rotatable bonds is 2. The molecule has 0 aliphatic carbocycles. The average molecular weight is 236 g/mol. The quantitative estimate of drug-likeness (QED) is 0.800. The third-order valence-electron chi connectivity index (χ3n) is 2.21. The number of hydrogen-bond donors (Lipinski definition) is 0. The Morgan fingerprint density at radius 1 is 1.00 bits per heavy atom. The summed E-state index contributed by atoms with van der Waals surface area (Å²) in [5, 5.41) is 15.1. The summed E-state index contributed by atoms with van der Waals surface area (Å²) in [6.07, 6.45) is 5.30. The molecule has 2 heterocycles.